The van der Waals surface area contributed by atoms with Gasteiger partial charge in [-0.25, -0.2) is 4.39 Å². The number of rotatable bonds is 7. The molecule has 0 unspecified atom stereocenters. The summed E-state index contributed by atoms with van der Waals surface area (Å²) in [7, 11) is 1.44. The molecule has 0 aliphatic heterocycles. The third kappa shape index (κ3) is 3.97. The van der Waals surface area contributed by atoms with Gasteiger partial charge in [-0.2, -0.15) is 0 Å². The summed E-state index contributed by atoms with van der Waals surface area (Å²) < 4.78 is 18.0. The number of ether oxygens (including phenoxy) is 1. The van der Waals surface area contributed by atoms with Gasteiger partial charge in [-0.1, -0.05) is 0 Å². The monoisotopic (exact) mass is 286 g/mol. The number of hydrogen-bond donors (Lipinski definition) is 1. The maximum absolute atomic E-state index is 13.2. The van der Waals surface area contributed by atoms with E-state index in [-0.39, 0.29) is 31.9 Å². The van der Waals surface area contributed by atoms with Gasteiger partial charge in [-0.15, -0.1) is 0 Å². The minimum absolute atomic E-state index is 0.0180. The van der Waals surface area contributed by atoms with Crippen LogP contribution in [0.2, 0.25) is 0 Å². The molecule has 0 aliphatic rings. The maximum Gasteiger partial charge on any atom is 0.282 e. The number of halogens is 1. The van der Waals surface area contributed by atoms with Gasteiger partial charge in [0.05, 0.1) is 18.1 Å². The lowest BCUT2D eigenvalue weighted by Gasteiger charge is -2.21. The van der Waals surface area contributed by atoms with E-state index in [1.807, 2.05) is 0 Å². The number of nitro benzene ring substituents is 1. The van der Waals surface area contributed by atoms with E-state index in [1.54, 1.807) is 0 Å². The third-order valence-electron chi connectivity index (χ3n) is 2.61. The molecule has 0 saturated heterocycles. The van der Waals surface area contributed by atoms with Crippen LogP contribution >= 0.6 is 0 Å². The first-order chi connectivity index (χ1) is 9.51. The standard InChI is InChI=1S/C12H15FN2O5/c1-20-7-5-14(4-6-16)12(17)10-8-9(13)2-3-11(10)15(18)19/h2-3,8,16H,4-7H2,1H3. The Morgan fingerprint density at radius 3 is 2.75 bits per heavy atom. The normalized spacial score (nSPS) is 10.3. The van der Waals surface area contributed by atoms with Gasteiger partial charge in [0.25, 0.3) is 11.6 Å². The van der Waals surface area contributed by atoms with E-state index in [4.69, 9.17) is 9.84 Å². The molecule has 0 heterocycles. The van der Waals surface area contributed by atoms with Crippen molar-refractivity contribution in [2.24, 2.45) is 0 Å². The van der Waals surface area contributed by atoms with E-state index in [0.717, 1.165) is 18.2 Å². The van der Waals surface area contributed by atoms with E-state index < -0.39 is 22.3 Å². The van der Waals surface area contributed by atoms with Crippen molar-refractivity contribution < 1.29 is 24.0 Å². The van der Waals surface area contributed by atoms with Crippen LogP contribution in [0.3, 0.4) is 0 Å². The van der Waals surface area contributed by atoms with Gasteiger partial charge >= 0.3 is 0 Å². The molecule has 1 rings (SSSR count). The van der Waals surface area contributed by atoms with Crippen molar-refractivity contribution in [3.05, 3.63) is 39.7 Å². The van der Waals surface area contributed by atoms with E-state index in [2.05, 4.69) is 0 Å². The molecular weight excluding hydrogens is 271 g/mol. The molecule has 0 fully saturated rings. The SMILES string of the molecule is COCCN(CCO)C(=O)c1cc(F)ccc1[N+](=O)[O-]. The topological polar surface area (TPSA) is 92.9 Å². The Hall–Kier alpha value is -2.06. The highest BCUT2D eigenvalue weighted by Crippen LogP contribution is 2.21. The molecule has 1 N–H and O–H groups in total. The molecule has 8 heteroatoms. The fourth-order valence-electron chi connectivity index (χ4n) is 1.65. The van der Waals surface area contributed by atoms with Gasteiger partial charge in [0.1, 0.15) is 11.4 Å². The van der Waals surface area contributed by atoms with Gasteiger partial charge in [-0.05, 0) is 12.1 Å². The summed E-state index contributed by atoms with van der Waals surface area (Å²) in [5, 5.41) is 19.8. The van der Waals surface area contributed by atoms with Crippen molar-refractivity contribution in [2.45, 2.75) is 0 Å². The lowest BCUT2D eigenvalue weighted by molar-refractivity contribution is -0.385. The number of aliphatic hydroxyl groups excluding tert-OH is 1. The van der Waals surface area contributed by atoms with Crippen molar-refractivity contribution in [3.63, 3.8) is 0 Å². The zero-order valence-electron chi connectivity index (χ0n) is 10.9. The fraction of sp³-hybridized carbons (Fsp3) is 0.417. The molecule has 0 saturated carbocycles. The van der Waals surface area contributed by atoms with Crippen molar-refractivity contribution in [2.75, 3.05) is 33.4 Å². The molecule has 1 amide bonds. The van der Waals surface area contributed by atoms with Gasteiger partial charge in [0.15, 0.2) is 0 Å². The quantitative estimate of drug-likeness (QED) is 0.591. The predicted molar refractivity (Wildman–Crippen MR) is 67.9 cm³/mol. The van der Waals surface area contributed by atoms with E-state index in [9.17, 15) is 19.3 Å². The number of benzene rings is 1. The molecule has 1 aromatic carbocycles. The number of aliphatic hydroxyl groups is 1. The Labute approximate surface area is 114 Å². The average Bonchev–Trinajstić information content (AvgIpc) is 2.42. The first kappa shape index (κ1) is 16.0. The first-order valence-corrected chi connectivity index (χ1v) is 5.84. The van der Waals surface area contributed by atoms with Crippen LogP contribution in [0.5, 0.6) is 0 Å². The first-order valence-electron chi connectivity index (χ1n) is 5.84. The summed E-state index contributed by atoms with van der Waals surface area (Å²) in [5.41, 5.74) is -0.823. The van der Waals surface area contributed by atoms with Crippen LogP contribution in [0.4, 0.5) is 10.1 Å². The number of methoxy groups -OCH3 is 1. The summed E-state index contributed by atoms with van der Waals surface area (Å²) in [6.45, 7) is 0.0207. The number of amides is 1. The maximum atomic E-state index is 13.2. The highest BCUT2D eigenvalue weighted by Gasteiger charge is 2.25. The van der Waals surface area contributed by atoms with Crippen LogP contribution in [-0.4, -0.2) is 54.3 Å². The number of carbonyl (C=O) groups is 1. The van der Waals surface area contributed by atoms with Crippen LogP contribution in [0.1, 0.15) is 10.4 Å². The van der Waals surface area contributed by atoms with E-state index >= 15 is 0 Å². The largest absolute Gasteiger partial charge is 0.395 e. The molecule has 0 aliphatic carbocycles. The molecule has 20 heavy (non-hydrogen) atoms. The Bertz CT molecular complexity index is 495. The number of carbonyl (C=O) groups excluding carboxylic acids is 1. The lowest BCUT2D eigenvalue weighted by Crippen LogP contribution is -2.36. The van der Waals surface area contributed by atoms with Crippen LogP contribution < -0.4 is 0 Å². The highest BCUT2D eigenvalue weighted by molar-refractivity contribution is 5.98. The molecule has 0 bridgehead atoms. The third-order valence-corrected chi connectivity index (χ3v) is 2.61. The van der Waals surface area contributed by atoms with Crippen molar-refractivity contribution >= 4 is 11.6 Å². The van der Waals surface area contributed by atoms with Crippen LogP contribution in [0.25, 0.3) is 0 Å². The summed E-state index contributed by atoms with van der Waals surface area (Å²) in [5.74, 6) is -1.46. The number of nitrogens with zero attached hydrogens (tertiary/aromatic N) is 2. The Kier molecular flexibility index (Phi) is 6.01. The van der Waals surface area contributed by atoms with E-state index in [0.29, 0.717) is 0 Å². The highest BCUT2D eigenvalue weighted by atomic mass is 19.1. The second-order valence-electron chi connectivity index (χ2n) is 3.93. The number of hydrogen-bond acceptors (Lipinski definition) is 5. The minimum Gasteiger partial charge on any atom is -0.395 e. The Morgan fingerprint density at radius 2 is 2.20 bits per heavy atom. The smallest absolute Gasteiger partial charge is 0.282 e. The second kappa shape index (κ2) is 7.51. The minimum atomic E-state index is -0.750. The molecule has 7 nitrogen and oxygen atoms in total. The molecule has 0 atom stereocenters. The fourth-order valence-corrected chi connectivity index (χ4v) is 1.65. The molecule has 0 radical (unpaired) electrons. The van der Waals surface area contributed by atoms with Crippen LogP contribution in [0.15, 0.2) is 18.2 Å². The van der Waals surface area contributed by atoms with Gasteiger partial charge < -0.3 is 14.7 Å². The summed E-state index contributed by atoms with van der Waals surface area (Å²) >= 11 is 0. The second-order valence-corrected chi connectivity index (χ2v) is 3.93. The lowest BCUT2D eigenvalue weighted by atomic mass is 10.1. The Morgan fingerprint density at radius 1 is 1.50 bits per heavy atom. The van der Waals surface area contributed by atoms with Crippen molar-refractivity contribution in [1.82, 2.24) is 4.90 Å². The molecule has 110 valence electrons. The summed E-state index contributed by atoms with van der Waals surface area (Å²) in [6.07, 6.45) is 0. The van der Waals surface area contributed by atoms with E-state index in [1.165, 1.54) is 12.0 Å². The molecular formula is C12H15FN2O5. The van der Waals surface area contributed by atoms with Crippen molar-refractivity contribution in [1.29, 1.82) is 0 Å². The zero-order valence-corrected chi connectivity index (χ0v) is 10.9. The summed E-state index contributed by atoms with van der Waals surface area (Å²) in [6, 6.07) is 2.67. The van der Waals surface area contributed by atoms with Gasteiger partial charge in [0.2, 0.25) is 0 Å². The average molecular weight is 286 g/mol. The van der Waals surface area contributed by atoms with Crippen LogP contribution in [0, 0.1) is 15.9 Å². The molecule has 0 aromatic heterocycles. The summed E-state index contributed by atoms with van der Waals surface area (Å²) in [4.78, 5) is 23.5. The zero-order chi connectivity index (χ0) is 15.1. The molecule has 1 aromatic rings. The van der Waals surface area contributed by atoms with Gasteiger partial charge in [-0.3, -0.25) is 14.9 Å². The molecule has 0 spiro atoms. The van der Waals surface area contributed by atoms with Crippen LogP contribution in [-0.2, 0) is 4.74 Å². The Balaban J connectivity index is 3.09. The van der Waals surface area contributed by atoms with Gasteiger partial charge in [0, 0.05) is 26.3 Å². The number of nitro groups is 1. The van der Waals surface area contributed by atoms with Crippen molar-refractivity contribution in [3.8, 4) is 0 Å². The predicted octanol–water partition coefficient (Wildman–Crippen LogP) is 0.815.